The number of furan rings is 2. The molecule has 0 saturated carbocycles. The van der Waals surface area contributed by atoms with Gasteiger partial charge in [-0.05, 0) is 0 Å². The Hall–Kier alpha value is -19.2. The first-order chi connectivity index (χ1) is 56.9. The second-order valence-electron chi connectivity index (χ2n) is 26.6. The highest BCUT2D eigenvalue weighted by Gasteiger charge is 2.45. The van der Waals surface area contributed by atoms with Crippen molar-refractivity contribution in [3.8, 4) is 320 Å². The van der Waals surface area contributed by atoms with Crippen LogP contribution in [0, 0.1) is 0 Å². The van der Waals surface area contributed by atoms with Crippen molar-refractivity contribution in [1.82, 2.24) is 0 Å². The van der Waals surface area contributed by atoms with Crippen LogP contribution in [0.1, 0.15) is 0 Å². The molecule has 0 unspecified atom stereocenters. The molecule has 0 bridgehead atoms. The molecular weight excluding hydrogens is 1660 g/mol. The van der Waals surface area contributed by atoms with Gasteiger partial charge in [0.2, 0.25) is 149 Å². The van der Waals surface area contributed by atoms with Crippen molar-refractivity contribution in [3.63, 3.8) is 0 Å². The van der Waals surface area contributed by atoms with E-state index in [1.54, 1.807) is 0 Å². The summed E-state index contributed by atoms with van der Waals surface area (Å²) in [5, 5.41) is 489. The summed E-state index contributed by atoms with van der Waals surface area (Å²) >= 11 is 0. The number of aromatic hydroxyl groups is 46. The molecule has 0 aliphatic carbocycles. The number of hydrogen-bond acceptors (Lipinski definition) is 48. The van der Waals surface area contributed by atoms with Crippen LogP contribution in [0.25, 0.3) is 153 Å². The highest BCUT2D eigenvalue weighted by Crippen LogP contribution is 2.74. The summed E-state index contributed by atoms with van der Waals surface area (Å²) in [6, 6.07) is 0. The van der Waals surface area contributed by atoms with Crippen LogP contribution < -0.4 is 0 Å². The van der Waals surface area contributed by atoms with E-state index < -0.39 is 418 Å². The van der Waals surface area contributed by atoms with E-state index in [0.717, 1.165) is 0 Å². The Morgan fingerprint density at radius 2 is 0.197 bits per heavy atom. The zero-order valence-electron chi connectivity index (χ0n) is 58.4. The third kappa shape index (κ3) is 9.06. The second kappa shape index (κ2) is 24.7. The van der Waals surface area contributed by atoms with Gasteiger partial charge in [-0.15, -0.1) is 0 Å². The summed E-state index contributed by atoms with van der Waals surface area (Å²) in [5.74, 6) is -75.3. The maximum absolute atomic E-state index is 12.4. The van der Waals surface area contributed by atoms with Crippen LogP contribution in [0.2, 0.25) is 0 Å². The Balaban J connectivity index is 0.000000196. The van der Waals surface area contributed by atoms with E-state index in [4.69, 9.17) is 8.83 Å². The molecule has 0 amide bonds. The fourth-order valence-corrected chi connectivity index (χ4v) is 15.0. The van der Waals surface area contributed by atoms with Crippen molar-refractivity contribution in [2.24, 2.45) is 0 Å². The third-order valence-corrected chi connectivity index (χ3v) is 20.5. The minimum absolute atomic E-state index is 0.944. The van der Waals surface area contributed by atoms with Crippen molar-refractivity contribution >= 4 is 97.7 Å². The number of benzene rings is 14. The minimum Gasteiger partial charge on any atom is -0.506 e. The van der Waals surface area contributed by atoms with Gasteiger partial charge in [-0.1, -0.05) is 0 Å². The van der Waals surface area contributed by atoms with Crippen LogP contribution in [-0.2, 0) is 0 Å². The number of phenolic OH excluding ortho intramolecular Hbond substituents is 46. The summed E-state index contributed by atoms with van der Waals surface area (Å²) in [6.45, 7) is 0. The number of fused-ring (bicyclic) bond motifs is 11. The molecule has 0 radical (unpaired) electrons. The summed E-state index contributed by atoms with van der Waals surface area (Å²) < 4.78 is 10.8. The zero-order chi connectivity index (χ0) is 90.1. The van der Waals surface area contributed by atoms with E-state index >= 15 is 0 Å². The monoisotopic (exact) mass is 1700 g/mol. The summed E-state index contributed by atoms with van der Waals surface area (Å²) in [4.78, 5) is 0. The minimum atomic E-state index is -1.87. The Labute approximate surface area is 659 Å². The molecule has 48 nitrogen and oxygen atoms in total. The van der Waals surface area contributed by atoms with Gasteiger partial charge < -0.3 is 244 Å². The third-order valence-electron chi connectivity index (χ3n) is 20.5. The van der Waals surface area contributed by atoms with E-state index in [1.807, 2.05) is 0 Å². The topological polar surface area (TPSA) is 957 Å². The Kier molecular flexibility index (Phi) is 15.8. The van der Waals surface area contributed by atoms with Gasteiger partial charge in [0.05, 0.1) is 32.8 Å². The van der Waals surface area contributed by atoms with Crippen molar-refractivity contribution in [1.29, 1.82) is 0 Å². The molecule has 0 atom stereocenters. The molecule has 16 aromatic rings. The second-order valence-corrected chi connectivity index (χ2v) is 26.6. The highest BCUT2D eigenvalue weighted by atomic mass is 16.4. The van der Waals surface area contributed by atoms with Gasteiger partial charge in [-0.3, -0.25) is 0 Å². The van der Waals surface area contributed by atoms with Crippen LogP contribution in [0.15, 0.2) is 8.83 Å². The van der Waals surface area contributed by atoms with Crippen molar-refractivity contribution in [2.75, 3.05) is 0 Å². The molecular formula is C74H46O48. The van der Waals surface area contributed by atoms with E-state index in [9.17, 15) is 235 Å². The maximum Gasteiger partial charge on any atom is 0.208 e. The van der Waals surface area contributed by atoms with Crippen LogP contribution in [-0.4, -0.2) is 235 Å². The van der Waals surface area contributed by atoms with Gasteiger partial charge in [0.25, 0.3) is 0 Å². The van der Waals surface area contributed by atoms with Gasteiger partial charge in [-0.2, -0.15) is 0 Å². The first kappa shape index (κ1) is 78.1. The SMILES string of the molecule is Oc1c(O)c(O)c(-c2c(O)c(-c3c4c(O)c(O)c(O)c(O)c4c(-c4c(O)c(O)c(O)c5oc6c(O)c(O)c(O)c(O)c6c45)c4c(O)c(O)c(O)c(O)c34)c3c(O)c(O)c(O)c(O)c3c2O)c(O)c1O.Oc1c(O)c(O)c(-c2c3c(O)c(O)c(O)c(O)c3c(-c3c(O)c(O)c(O)c4oc5c(O)c(O)c(O)c(O)c5c34)c3c(O)c(O)c(O)c(O)c23)c(O)c1O. The van der Waals surface area contributed by atoms with Crippen molar-refractivity contribution < 1.29 is 244 Å². The Morgan fingerprint density at radius 1 is 0.0738 bits per heavy atom. The lowest BCUT2D eigenvalue weighted by Gasteiger charge is -2.26. The molecule has 0 spiro atoms. The van der Waals surface area contributed by atoms with Gasteiger partial charge in [-0.25, -0.2) is 0 Å². The molecule has 2 heterocycles. The standard InChI is InChI=1S/C42H26O27.C32H20O21/c43-15-3(9-11(23(51)32(60)31(59)22(9)50)16(44)12(15)13-24(52)33(61)37(65)34(62)25(13)53)1-4-6(19(47)29(57)27(55)17(4)45)2(7-5(1)18(46)28(56)30(58)20(7)48)8-10-14-26(54)35(63)38(66)40(68)42(14)69-41(10)39(67)36(64)21(8)49;33-11-3-1(7-8-10-18(40)25(47)28(50)30(52)32(10)53-31(8)29(51)26(48)15(7)37)4-6(14(36)22(44)20(42)12(4)34)2(5(3)13(35)21(43)19(11)41)9-16(38)23(45)27(49)24(46)17(9)39/h43-68H;33-52H. The summed E-state index contributed by atoms with van der Waals surface area (Å²) in [7, 11) is 0. The van der Waals surface area contributed by atoms with Crippen molar-refractivity contribution in [3.05, 3.63) is 0 Å². The van der Waals surface area contributed by atoms with E-state index in [2.05, 4.69) is 0 Å². The molecule has 0 fully saturated rings. The maximum atomic E-state index is 12.4. The lowest BCUT2D eigenvalue weighted by Crippen LogP contribution is -1.98. The average Bonchev–Trinajstić information content (AvgIpc) is 1.09. The number of rotatable bonds is 5. The van der Waals surface area contributed by atoms with Crippen LogP contribution >= 0.6 is 0 Å². The van der Waals surface area contributed by atoms with E-state index in [0.29, 0.717) is 0 Å². The quantitative estimate of drug-likeness (QED) is 0.0445. The van der Waals surface area contributed by atoms with Crippen LogP contribution in [0.5, 0.6) is 264 Å². The zero-order valence-corrected chi connectivity index (χ0v) is 58.4. The molecule has 0 saturated heterocycles. The van der Waals surface area contributed by atoms with Gasteiger partial charge in [0, 0.05) is 98.2 Å². The lowest BCUT2D eigenvalue weighted by molar-refractivity contribution is 0.329. The lowest BCUT2D eigenvalue weighted by atomic mass is 9.79. The van der Waals surface area contributed by atoms with Crippen LogP contribution in [0.4, 0.5) is 0 Å². The fraction of sp³-hybridized carbons (Fsp3) is 0. The van der Waals surface area contributed by atoms with Crippen molar-refractivity contribution in [2.45, 2.75) is 0 Å². The Morgan fingerprint density at radius 3 is 0.426 bits per heavy atom. The first-order valence-corrected chi connectivity index (χ1v) is 32.6. The van der Waals surface area contributed by atoms with E-state index in [-0.39, 0.29) is 0 Å². The molecule has 0 aliphatic heterocycles. The molecule has 630 valence electrons. The molecule has 46 N–H and O–H groups in total. The summed E-state index contributed by atoms with van der Waals surface area (Å²) in [5.41, 5.74) is -18.1. The summed E-state index contributed by atoms with van der Waals surface area (Å²) in [6.07, 6.45) is 0. The molecule has 14 aromatic carbocycles. The molecule has 48 heteroatoms. The largest absolute Gasteiger partial charge is 0.506 e. The smallest absolute Gasteiger partial charge is 0.208 e. The molecule has 2 aromatic heterocycles. The number of hydrogen-bond donors (Lipinski definition) is 46. The van der Waals surface area contributed by atoms with E-state index in [1.165, 1.54) is 0 Å². The van der Waals surface area contributed by atoms with Gasteiger partial charge in [0.15, 0.2) is 126 Å². The number of phenols is 46. The van der Waals surface area contributed by atoms with Gasteiger partial charge in [0.1, 0.15) is 11.5 Å². The fourth-order valence-electron chi connectivity index (χ4n) is 15.0. The predicted molar refractivity (Wildman–Crippen MR) is 399 cm³/mol. The average molecular weight is 1700 g/mol. The predicted octanol–water partition coefficient (Wildman–Crippen LogP) is 7.73. The molecule has 122 heavy (non-hydrogen) atoms. The molecule has 0 aliphatic rings. The van der Waals surface area contributed by atoms with Gasteiger partial charge >= 0.3 is 0 Å². The van der Waals surface area contributed by atoms with Crippen LogP contribution in [0.3, 0.4) is 0 Å². The first-order valence-electron chi connectivity index (χ1n) is 32.6. The molecule has 16 rings (SSSR count). The highest BCUT2D eigenvalue weighted by molar-refractivity contribution is 6.37. The Bertz CT molecular complexity index is 7520. The normalized spacial score (nSPS) is 11.8.